The molecule has 2 aliphatic rings. The summed E-state index contributed by atoms with van der Waals surface area (Å²) in [6, 6.07) is 1.67. The Morgan fingerprint density at radius 3 is 2.59 bits per heavy atom. The molecule has 0 atom stereocenters. The number of thiol groups is 1. The van der Waals surface area contributed by atoms with E-state index in [0.29, 0.717) is 5.69 Å². The maximum atomic E-state index is 12.8. The number of aryl methyl sites for hydroxylation is 2. The number of urea groups is 1. The molecule has 2 aliphatic carbocycles. The number of carbonyl (C=O) groups is 1. The van der Waals surface area contributed by atoms with E-state index in [0.717, 1.165) is 49.1 Å². The lowest BCUT2D eigenvalue weighted by Gasteiger charge is -2.27. The third-order valence-corrected chi connectivity index (χ3v) is 8.13. The van der Waals surface area contributed by atoms with Gasteiger partial charge in [-0.25, -0.2) is 14.0 Å². The topological polar surface area (TPSA) is 117 Å². The van der Waals surface area contributed by atoms with Gasteiger partial charge in [0, 0.05) is 11.1 Å². The molecule has 0 saturated carbocycles. The number of fused-ring (bicyclic) bond motifs is 2. The van der Waals surface area contributed by atoms with Crippen LogP contribution in [0.5, 0.6) is 0 Å². The van der Waals surface area contributed by atoms with Crippen LogP contribution in [0.25, 0.3) is 0 Å². The first kappa shape index (κ1) is 18.5. The van der Waals surface area contributed by atoms with E-state index in [1.165, 1.54) is 22.3 Å². The van der Waals surface area contributed by atoms with Gasteiger partial charge in [0.25, 0.3) is 0 Å². The van der Waals surface area contributed by atoms with Crippen LogP contribution in [0.15, 0.2) is 15.8 Å². The summed E-state index contributed by atoms with van der Waals surface area (Å²) < 4.78 is 15.3. The molecule has 5 N–H and O–H groups in total. The number of carbonyl (C=O) groups excluding carboxylic acids is 1. The Labute approximate surface area is 163 Å². The zero-order valence-electron chi connectivity index (χ0n) is 15.3. The third kappa shape index (κ3) is 3.40. The van der Waals surface area contributed by atoms with Crippen molar-refractivity contribution in [2.75, 3.05) is 5.32 Å². The highest BCUT2D eigenvalue weighted by atomic mass is 32.3. The molecular weight excluding hydrogens is 384 g/mol. The van der Waals surface area contributed by atoms with E-state index < -0.39 is 21.9 Å². The van der Waals surface area contributed by atoms with Crippen LogP contribution in [0.1, 0.15) is 48.2 Å². The zero-order chi connectivity index (χ0) is 19.4. The van der Waals surface area contributed by atoms with Crippen molar-refractivity contribution in [3.8, 4) is 0 Å². The van der Waals surface area contributed by atoms with E-state index >= 15 is 0 Å². The van der Waals surface area contributed by atoms with Crippen LogP contribution >= 0.6 is 11.3 Å². The lowest BCUT2D eigenvalue weighted by molar-refractivity contribution is 0.0741. The molecule has 27 heavy (non-hydrogen) atoms. The Kier molecular flexibility index (Phi) is 4.38. The Hall–Kier alpha value is -1.81. The number of aliphatic hydroxyl groups is 1. The number of nitrogens with zero attached hydrogens (tertiary/aromatic N) is 1. The van der Waals surface area contributed by atoms with Crippen LogP contribution in [0.2, 0.25) is 0 Å². The highest BCUT2D eigenvalue weighted by molar-refractivity contribution is 8.01. The van der Waals surface area contributed by atoms with Crippen molar-refractivity contribution >= 4 is 33.4 Å². The van der Waals surface area contributed by atoms with Gasteiger partial charge >= 0.3 is 6.03 Å². The highest BCUT2D eigenvalue weighted by Crippen LogP contribution is 2.39. The summed E-state index contributed by atoms with van der Waals surface area (Å²) in [6.45, 7) is 3.17. The predicted octanol–water partition coefficient (Wildman–Crippen LogP) is 1.94. The summed E-state index contributed by atoms with van der Waals surface area (Å²) in [4.78, 5) is 16.7. The second-order valence-electron chi connectivity index (χ2n) is 7.68. The van der Waals surface area contributed by atoms with Crippen LogP contribution in [0.3, 0.4) is 0 Å². The summed E-state index contributed by atoms with van der Waals surface area (Å²) in [5.74, 6) is 0. The summed E-state index contributed by atoms with van der Waals surface area (Å²) in [5, 5.41) is 20.4. The number of nitrogens with one attached hydrogen (secondary N) is 2. The smallest absolute Gasteiger partial charge is 0.330 e. The van der Waals surface area contributed by atoms with Crippen LogP contribution in [-0.4, -0.2) is 20.3 Å². The number of hydrogen-bond acceptors (Lipinski definition) is 5. The molecule has 2 amide bonds. The van der Waals surface area contributed by atoms with Gasteiger partial charge in [0.1, 0.15) is 5.60 Å². The Balaban J connectivity index is 1.54. The normalized spacial score (nSPS) is 16.3. The molecule has 0 spiro atoms. The van der Waals surface area contributed by atoms with Crippen molar-refractivity contribution in [2.24, 2.45) is 5.14 Å². The lowest BCUT2D eigenvalue weighted by Crippen LogP contribution is -2.45. The van der Waals surface area contributed by atoms with Gasteiger partial charge in [-0.05, 0) is 68.2 Å². The molecule has 0 fully saturated rings. The van der Waals surface area contributed by atoms with Gasteiger partial charge < -0.3 is 10.4 Å². The SMILES string of the molecule is CC(C)(O)c1csc([SH](N)(=O)NC(=O)Nc2c3c(cc4c2CC4)CCC3)n1. The molecule has 0 saturated heterocycles. The minimum absolute atomic E-state index is 0.112. The Morgan fingerprint density at radius 1 is 1.26 bits per heavy atom. The van der Waals surface area contributed by atoms with E-state index in [9.17, 15) is 14.1 Å². The minimum Gasteiger partial charge on any atom is -0.384 e. The summed E-state index contributed by atoms with van der Waals surface area (Å²) in [7, 11) is -3.68. The van der Waals surface area contributed by atoms with Crippen LogP contribution in [0.4, 0.5) is 10.5 Å². The first-order chi connectivity index (χ1) is 12.6. The standard InChI is InChI=1S/C18H24N4O3S2/c1-18(2,24)14-9-26-17(20-14)27(19,25)22-16(23)21-15-12-5-3-4-10(12)8-11-6-7-13(11)15/h8-9,24,27H,3-7H2,1-2H3,(H4,19,21,22,23,25). The van der Waals surface area contributed by atoms with Gasteiger partial charge in [-0.3, -0.25) is 9.86 Å². The average molecular weight is 409 g/mol. The molecule has 1 heterocycles. The van der Waals surface area contributed by atoms with E-state index in [-0.39, 0.29) is 4.34 Å². The highest BCUT2D eigenvalue weighted by Gasteiger charge is 2.28. The van der Waals surface area contributed by atoms with Gasteiger partial charge in [-0.2, -0.15) is 0 Å². The van der Waals surface area contributed by atoms with E-state index in [1.54, 1.807) is 19.2 Å². The molecule has 0 bridgehead atoms. The molecule has 1 aromatic carbocycles. The van der Waals surface area contributed by atoms with Crippen LogP contribution in [-0.2, 0) is 41.6 Å². The maximum Gasteiger partial charge on any atom is 0.330 e. The monoisotopic (exact) mass is 408 g/mol. The maximum absolute atomic E-state index is 12.8. The number of nitrogens with two attached hydrogens (primary N) is 1. The zero-order valence-corrected chi connectivity index (χ0v) is 17.0. The number of rotatable bonds is 4. The van der Waals surface area contributed by atoms with Crippen LogP contribution < -0.4 is 15.2 Å². The Morgan fingerprint density at radius 2 is 1.96 bits per heavy atom. The Bertz CT molecular complexity index is 978. The fourth-order valence-electron chi connectivity index (χ4n) is 3.63. The number of thiazole rings is 1. The molecule has 146 valence electrons. The number of benzene rings is 1. The molecule has 0 radical (unpaired) electrons. The molecule has 1 aromatic heterocycles. The number of aromatic nitrogens is 1. The van der Waals surface area contributed by atoms with E-state index in [2.05, 4.69) is 21.1 Å². The summed E-state index contributed by atoms with van der Waals surface area (Å²) in [5.41, 5.74) is 5.03. The van der Waals surface area contributed by atoms with Crippen molar-refractivity contribution in [2.45, 2.75) is 55.9 Å². The number of hydrogen-bond donors (Lipinski definition) is 5. The van der Waals surface area contributed by atoms with Crippen LogP contribution in [0, 0.1) is 0 Å². The van der Waals surface area contributed by atoms with Gasteiger partial charge in [0.05, 0.1) is 16.0 Å². The summed E-state index contributed by atoms with van der Waals surface area (Å²) in [6.07, 6.45) is 5.04. The second-order valence-corrected chi connectivity index (χ2v) is 10.8. The lowest BCUT2D eigenvalue weighted by atomic mass is 9.83. The minimum atomic E-state index is -3.68. The molecule has 0 aliphatic heterocycles. The second kappa shape index (κ2) is 6.37. The molecular formula is C18H24N4O3S2. The van der Waals surface area contributed by atoms with Crippen molar-refractivity contribution in [3.63, 3.8) is 0 Å². The first-order valence-corrected chi connectivity index (χ1v) is 11.6. The predicted molar refractivity (Wildman–Crippen MR) is 107 cm³/mol. The van der Waals surface area contributed by atoms with Gasteiger partial charge in [-0.15, -0.1) is 11.3 Å². The van der Waals surface area contributed by atoms with Crippen molar-refractivity contribution in [1.82, 2.24) is 9.71 Å². The van der Waals surface area contributed by atoms with Gasteiger partial charge in [-0.1, -0.05) is 6.07 Å². The summed E-state index contributed by atoms with van der Waals surface area (Å²) >= 11 is 1.07. The number of amides is 2. The largest absolute Gasteiger partial charge is 0.384 e. The quantitative estimate of drug-likeness (QED) is 0.497. The van der Waals surface area contributed by atoms with Crippen molar-refractivity contribution in [1.29, 1.82) is 0 Å². The molecule has 4 rings (SSSR count). The van der Waals surface area contributed by atoms with Crippen molar-refractivity contribution in [3.05, 3.63) is 39.4 Å². The number of anilines is 1. The van der Waals surface area contributed by atoms with E-state index in [1.807, 2.05) is 0 Å². The first-order valence-electron chi connectivity index (χ1n) is 8.98. The fraction of sp³-hybridized carbons (Fsp3) is 0.444. The molecule has 9 heteroatoms. The van der Waals surface area contributed by atoms with Gasteiger partial charge in [0.15, 0.2) is 4.34 Å². The molecule has 2 aromatic rings. The van der Waals surface area contributed by atoms with Gasteiger partial charge in [0.2, 0.25) is 0 Å². The van der Waals surface area contributed by atoms with Crippen molar-refractivity contribution < 1.29 is 14.1 Å². The molecule has 0 unspecified atom stereocenters. The third-order valence-electron chi connectivity index (χ3n) is 5.15. The fourth-order valence-corrected chi connectivity index (χ4v) is 5.97. The van der Waals surface area contributed by atoms with E-state index in [4.69, 9.17) is 5.14 Å². The molecule has 7 nitrogen and oxygen atoms in total. The average Bonchev–Trinajstić information content (AvgIpc) is 3.18.